The Morgan fingerprint density at radius 3 is 2.68 bits per heavy atom. The van der Waals surface area contributed by atoms with Gasteiger partial charge in [0.2, 0.25) is 5.43 Å². The van der Waals surface area contributed by atoms with E-state index in [1.165, 1.54) is 18.9 Å². The van der Waals surface area contributed by atoms with E-state index in [0.29, 0.717) is 25.4 Å². The molecule has 0 aromatic carbocycles. The summed E-state index contributed by atoms with van der Waals surface area (Å²) in [5.74, 6) is -0.117. The number of pyridine rings is 1. The van der Waals surface area contributed by atoms with Crippen LogP contribution in [0.3, 0.4) is 0 Å². The summed E-state index contributed by atoms with van der Waals surface area (Å²) in [6.07, 6.45) is 2.38. The molecule has 1 fully saturated rings. The smallest absolute Gasteiger partial charge is 0.223 e. The molecule has 1 aromatic heterocycles. The number of methoxy groups -OCH3 is 1. The number of likely N-dealkylation sites (tertiary alicyclic amines) is 1. The highest BCUT2D eigenvalue weighted by molar-refractivity contribution is 5.29. The van der Waals surface area contributed by atoms with Crippen molar-refractivity contribution in [2.45, 2.75) is 32.9 Å². The summed E-state index contributed by atoms with van der Waals surface area (Å²) in [6.45, 7) is 5.81. The highest BCUT2D eigenvalue weighted by Gasteiger charge is 2.18. The SMILES string of the molecule is COCCn1c(C)cc(=O)c(O)c1CN1CCCC1. The zero-order chi connectivity index (χ0) is 13.8. The van der Waals surface area contributed by atoms with Gasteiger partial charge in [0.1, 0.15) is 0 Å². The summed E-state index contributed by atoms with van der Waals surface area (Å²) in [7, 11) is 1.65. The van der Waals surface area contributed by atoms with Crippen molar-refractivity contribution in [1.29, 1.82) is 0 Å². The zero-order valence-corrected chi connectivity index (χ0v) is 11.7. The first kappa shape index (κ1) is 14.1. The fraction of sp³-hybridized carbons (Fsp3) is 0.643. The molecule has 1 saturated heterocycles. The Morgan fingerprint density at radius 1 is 1.37 bits per heavy atom. The molecule has 1 aliphatic heterocycles. The average Bonchev–Trinajstić information content (AvgIpc) is 2.88. The van der Waals surface area contributed by atoms with Crippen molar-refractivity contribution in [2.24, 2.45) is 0 Å². The first-order chi connectivity index (χ1) is 9.13. The molecule has 5 nitrogen and oxygen atoms in total. The zero-order valence-electron chi connectivity index (χ0n) is 11.7. The average molecular weight is 266 g/mol. The lowest BCUT2D eigenvalue weighted by Crippen LogP contribution is -2.25. The first-order valence-corrected chi connectivity index (χ1v) is 6.77. The Kier molecular flexibility index (Phi) is 4.61. The Hall–Kier alpha value is -1.33. The van der Waals surface area contributed by atoms with Gasteiger partial charge in [-0.1, -0.05) is 0 Å². The molecule has 0 aliphatic carbocycles. The molecule has 1 N–H and O–H groups in total. The van der Waals surface area contributed by atoms with E-state index in [1.807, 2.05) is 11.5 Å². The molecular weight excluding hydrogens is 244 g/mol. The number of hydrogen-bond donors (Lipinski definition) is 1. The maximum atomic E-state index is 11.7. The molecule has 2 rings (SSSR count). The van der Waals surface area contributed by atoms with Crippen molar-refractivity contribution in [3.63, 3.8) is 0 Å². The van der Waals surface area contributed by atoms with Crippen LogP contribution in [-0.4, -0.2) is 41.4 Å². The fourth-order valence-electron chi connectivity index (χ4n) is 2.63. The Morgan fingerprint density at radius 2 is 2.05 bits per heavy atom. The van der Waals surface area contributed by atoms with E-state index in [0.717, 1.165) is 18.8 Å². The van der Waals surface area contributed by atoms with E-state index in [1.54, 1.807) is 7.11 Å². The number of rotatable bonds is 5. The molecule has 106 valence electrons. The third-order valence-corrected chi connectivity index (χ3v) is 3.69. The molecule has 1 aromatic rings. The second-order valence-electron chi connectivity index (χ2n) is 5.07. The topological polar surface area (TPSA) is 54.7 Å². The van der Waals surface area contributed by atoms with Gasteiger partial charge in [-0.3, -0.25) is 9.69 Å². The van der Waals surface area contributed by atoms with Crippen LogP contribution in [0.4, 0.5) is 0 Å². The lowest BCUT2D eigenvalue weighted by atomic mass is 10.2. The molecule has 1 aliphatic rings. The third kappa shape index (κ3) is 3.16. The van der Waals surface area contributed by atoms with Crippen molar-refractivity contribution < 1.29 is 9.84 Å². The number of aromatic nitrogens is 1. The van der Waals surface area contributed by atoms with Crippen molar-refractivity contribution >= 4 is 0 Å². The third-order valence-electron chi connectivity index (χ3n) is 3.69. The van der Waals surface area contributed by atoms with Gasteiger partial charge in [-0.2, -0.15) is 0 Å². The molecule has 0 radical (unpaired) electrons. The van der Waals surface area contributed by atoms with Crippen LogP contribution in [0.5, 0.6) is 5.75 Å². The van der Waals surface area contributed by atoms with Crippen LogP contribution < -0.4 is 5.43 Å². The molecule has 0 bridgehead atoms. The van der Waals surface area contributed by atoms with Gasteiger partial charge in [0.15, 0.2) is 5.75 Å². The molecule has 0 saturated carbocycles. The lowest BCUT2D eigenvalue weighted by Gasteiger charge is -2.22. The number of aryl methyl sites for hydroxylation is 1. The van der Waals surface area contributed by atoms with E-state index in [2.05, 4.69) is 4.90 Å². The molecule has 2 heterocycles. The maximum absolute atomic E-state index is 11.7. The molecule has 0 spiro atoms. The summed E-state index contributed by atoms with van der Waals surface area (Å²) in [5.41, 5.74) is 1.29. The van der Waals surface area contributed by atoms with Gasteiger partial charge < -0.3 is 14.4 Å². The largest absolute Gasteiger partial charge is 0.503 e. The number of hydrogen-bond acceptors (Lipinski definition) is 4. The predicted octanol–water partition coefficient (Wildman–Crippen LogP) is 1.10. The second-order valence-corrected chi connectivity index (χ2v) is 5.07. The van der Waals surface area contributed by atoms with Gasteiger partial charge in [0, 0.05) is 32.0 Å². The first-order valence-electron chi connectivity index (χ1n) is 6.77. The minimum atomic E-state index is -0.291. The Labute approximate surface area is 113 Å². The number of aromatic hydroxyl groups is 1. The molecule has 0 atom stereocenters. The van der Waals surface area contributed by atoms with Gasteiger partial charge in [0.25, 0.3) is 0 Å². The maximum Gasteiger partial charge on any atom is 0.223 e. The summed E-state index contributed by atoms with van der Waals surface area (Å²) < 4.78 is 7.09. The summed E-state index contributed by atoms with van der Waals surface area (Å²) >= 11 is 0. The minimum Gasteiger partial charge on any atom is -0.503 e. The van der Waals surface area contributed by atoms with Crippen molar-refractivity contribution in [3.05, 3.63) is 27.7 Å². The normalized spacial score (nSPS) is 16.1. The van der Waals surface area contributed by atoms with Crippen LogP contribution in [0.2, 0.25) is 0 Å². The molecular formula is C14H22N2O3. The summed E-state index contributed by atoms with van der Waals surface area (Å²) in [6, 6.07) is 1.48. The Bertz CT molecular complexity index is 490. The highest BCUT2D eigenvalue weighted by Crippen LogP contribution is 2.19. The summed E-state index contributed by atoms with van der Waals surface area (Å²) in [4.78, 5) is 14.0. The molecule has 5 heteroatoms. The van der Waals surface area contributed by atoms with Crippen molar-refractivity contribution in [3.8, 4) is 5.75 Å². The van der Waals surface area contributed by atoms with Crippen molar-refractivity contribution in [1.82, 2.24) is 9.47 Å². The van der Waals surface area contributed by atoms with Gasteiger partial charge in [-0.25, -0.2) is 0 Å². The van der Waals surface area contributed by atoms with Gasteiger partial charge in [-0.05, 0) is 32.9 Å². The quantitative estimate of drug-likeness (QED) is 0.867. The lowest BCUT2D eigenvalue weighted by molar-refractivity contribution is 0.183. The van der Waals surface area contributed by atoms with Gasteiger partial charge >= 0.3 is 0 Å². The van der Waals surface area contributed by atoms with E-state index < -0.39 is 0 Å². The van der Waals surface area contributed by atoms with Crippen LogP contribution in [0.1, 0.15) is 24.2 Å². The van der Waals surface area contributed by atoms with E-state index in [-0.39, 0.29) is 11.2 Å². The number of nitrogens with zero attached hydrogens (tertiary/aromatic N) is 2. The number of ether oxygens (including phenoxy) is 1. The van der Waals surface area contributed by atoms with Crippen LogP contribution in [0.15, 0.2) is 10.9 Å². The van der Waals surface area contributed by atoms with Crippen LogP contribution in [0, 0.1) is 6.92 Å². The van der Waals surface area contributed by atoms with Crippen molar-refractivity contribution in [2.75, 3.05) is 26.8 Å². The fourth-order valence-corrected chi connectivity index (χ4v) is 2.63. The van der Waals surface area contributed by atoms with E-state index >= 15 is 0 Å². The van der Waals surface area contributed by atoms with E-state index in [4.69, 9.17) is 4.74 Å². The van der Waals surface area contributed by atoms with E-state index in [9.17, 15) is 9.90 Å². The molecule has 19 heavy (non-hydrogen) atoms. The van der Waals surface area contributed by atoms with Crippen LogP contribution in [-0.2, 0) is 17.8 Å². The standard InChI is InChI=1S/C14H22N2O3/c1-11-9-13(17)14(18)12(16(11)7-8-19-2)10-15-5-3-4-6-15/h9,18H,3-8,10H2,1-2H3. The predicted molar refractivity (Wildman–Crippen MR) is 73.5 cm³/mol. The Balaban J connectivity index is 2.33. The second kappa shape index (κ2) is 6.21. The summed E-state index contributed by atoms with van der Waals surface area (Å²) in [5, 5.41) is 10.1. The van der Waals surface area contributed by atoms with Crippen LogP contribution >= 0.6 is 0 Å². The molecule has 0 unspecified atom stereocenters. The van der Waals surface area contributed by atoms with Gasteiger partial charge in [0.05, 0.1) is 12.3 Å². The van der Waals surface area contributed by atoms with Gasteiger partial charge in [-0.15, -0.1) is 0 Å². The van der Waals surface area contributed by atoms with Crippen LogP contribution in [0.25, 0.3) is 0 Å². The minimum absolute atomic E-state index is 0.117. The highest BCUT2D eigenvalue weighted by atomic mass is 16.5. The monoisotopic (exact) mass is 266 g/mol. The molecule has 0 amide bonds.